The van der Waals surface area contributed by atoms with Crippen LogP contribution in [-0.2, 0) is 10.0 Å². The van der Waals surface area contributed by atoms with E-state index >= 15 is 0 Å². The zero-order valence-corrected chi connectivity index (χ0v) is 12.2. The fourth-order valence-electron chi connectivity index (χ4n) is 1.42. The van der Waals surface area contributed by atoms with Crippen LogP contribution in [0.15, 0.2) is 44.5 Å². The molecule has 0 aliphatic heterocycles. The average Bonchev–Trinajstić information content (AvgIpc) is 2.77. The van der Waals surface area contributed by atoms with Gasteiger partial charge < -0.3 is 9.73 Å². The number of amides is 1. The van der Waals surface area contributed by atoms with Crippen molar-refractivity contribution < 1.29 is 22.0 Å². The minimum absolute atomic E-state index is 0.144. The lowest BCUT2D eigenvalue weighted by Gasteiger charge is -2.07. The lowest BCUT2D eigenvalue weighted by molar-refractivity contribution is 0.102. The van der Waals surface area contributed by atoms with Gasteiger partial charge in [0.2, 0.25) is 10.0 Å². The predicted octanol–water partition coefficient (Wildman–Crippen LogP) is 2.08. The first-order chi connectivity index (χ1) is 9.29. The molecule has 0 saturated heterocycles. The standard InChI is InChI=1S/C11H8BrFN2O4S/c12-10-7(3-4-19-10)11(16)15-9-5-6(20(14,17)18)1-2-8(9)13/h1-5H,(H,15,16)(H2,14,17,18). The molecular weight excluding hydrogens is 355 g/mol. The Bertz CT molecular complexity index is 772. The van der Waals surface area contributed by atoms with E-state index in [2.05, 4.69) is 21.2 Å². The van der Waals surface area contributed by atoms with Crippen molar-refractivity contribution in [3.05, 3.63) is 46.6 Å². The predicted molar refractivity (Wildman–Crippen MR) is 72.1 cm³/mol. The molecule has 1 aromatic heterocycles. The van der Waals surface area contributed by atoms with E-state index in [0.717, 1.165) is 18.2 Å². The summed E-state index contributed by atoms with van der Waals surface area (Å²) in [6.07, 6.45) is 1.27. The number of benzene rings is 1. The fourth-order valence-corrected chi connectivity index (χ4v) is 2.38. The van der Waals surface area contributed by atoms with E-state index in [1.54, 1.807) is 0 Å². The highest BCUT2D eigenvalue weighted by Gasteiger charge is 2.17. The second-order valence-electron chi connectivity index (χ2n) is 3.75. The second kappa shape index (κ2) is 5.35. The molecule has 0 atom stereocenters. The molecule has 0 aliphatic carbocycles. The number of furan rings is 1. The van der Waals surface area contributed by atoms with E-state index in [1.165, 1.54) is 12.3 Å². The molecule has 1 heterocycles. The number of halogens is 2. The molecule has 1 amide bonds. The Balaban J connectivity index is 2.34. The summed E-state index contributed by atoms with van der Waals surface area (Å²) in [6.45, 7) is 0. The maximum absolute atomic E-state index is 13.6. The van der Waals surface area contributed by atoms with E-state index in [1.807, 2.05) is 0 Å². The van der Waals surface area contributed by atoms with E-state index in [0.29, 0.717) is 0 Å². The highest BCUT2D eigenvalue weighted by molar-refractivity contribution is 9.10. The minimum Gasteiger partial charge on any atom is -0.457 e. The molecule has 1 aromatic carbocycles. The molecule has 0 bridgehead atoms. The summed E-state index contributed by atoms with van der Waals surface area (Å²) in [7, 11) is -3.99. The van der Waals surface area contributed by atoms with E-state index < -0.39 is 21.7 Å². The smallest absolute Gasteiger partial charge is 0.260 e. The van der Waals surface area contributed by atoms with Gasteiger partial charge in [0, 0.05) is 0 Å². The number of rotatable bonds is 3. The van der Waals surface area contributed by atoms with Crippen LogP contribution in [0.2, 0.25) is 0 Å². The van der Waals surface area contributed by atoms with Crippen LogP contribution in [-0.4, -0.2) is 14.3 Å². The van der Waals surface area contributed by atoms with Crippen molar-refractivity contribution >= 4 is 37.5 Å². The zero-order valence-electron chi connectivity index (χ0n) is 9.76. The normalized spacial score (nSPS) is 11.3. The number of primary sulfonamides is 1. The van der Waals surface area contributed by atoms with Crippen LogP contribution in [0.3, 0.4) is 0 Å². The summed E-state index contributed by atoms with van der Waals surface area (Å²) in [6, 6.07) is 4.23. The summed E-state index contributed by atoms with van der Waals surface area (Å²) in [5.74, 6) is -1.44. The lowest BCUT2D eigenvalue weighted by Crippen LogP contribution is -2.15. The number of anilines is 1. The van der Waals surface area contributed by atoms with Crippen molar-refractivity contribution in [1.29, 1.82) is 0 Å². The van der Waals surface area contributed by atoms with E-state index in [9.17, 15) is 17.6 Å². The maximum atomic E-state index is 13.6. The number of nitrogens with two attached hydrogens (primary N) is 1. The average molecular weight is 363 g/mol. The Labute approximate surface area is 121 Å². The van der Waals surface area contributed by atoms with Gasteiger partial charge in [0.25, 0.3) is 5.91 Å². The Morgan fingerprint density at radius 2 is 2.05 bits per heavy atom. The molecular formula is C11H8BrFN2O4S. The summed E-state index contributed by atoms with van der Waals surface area (Å²) in [5.41, 5.74) is -0.153. The molecule has 9 heteroatoms. The molecule has 0 saturated carbocycles. The number of carbonyl (C=O) groups is 1. The SMILES string of the molecule is NS(=O)(=O)c1ccc(F)c(NC(=O)c2ccoc2Br)c1. The van der Waals surface area contributed by atoms with Gasteiger partial charge in [0.05, 0.1) is 22.4 Å². The summed E-state index contributed by atoms with van der Waals surface area (Å²) < 4.78 is 41.0. The molecule has 2 rings (SSSR count). The molecule has 0 spiro atoms. The minimum atomic E-state index is -3.99. The first-order valence-electron chi connectivity index (χ1n) is 5.16. The molecule has 0 unspecified atom stereocenters. The topological polar surface area (TPSA) is 102 Å². The van der Waals surface area contributed by atoms with Crippen molar-refractivity contribution in [3.8, 4) is 0 Å². The van der Waals surface area contributed by atoms with Crippen LogP contribution in [0.1, 0.15) is 10.4 Å². The zero-order chi connectivity index (χ0) is 14.9. The van der Waals surface area contributed by atoms with Crippen molar-refractivity contribution in [2.24, 2.45) is 5.14 Å². The lowest BCUT2D eigenvalue weighted by atomic mass is 10.2. The number of sulfonamides is 1. The monoisotopic (exact) mass is 362 g/mol. The Kier molecular flexibility index (Phi) is 3.93. The van der Waals surface area contributed by atoms with Gasteiger partial charge in [-0.2, -0.15) is 0 Å². The molecule has 0 fully saturated rings. The Hall–Kier alpha value is -1.71. The van der Waals surface area contributed by atoms with Gasteiger partial charge in [-0.3, -0.25) is 4.79 Å². The quantitative estimate of drug-likeness (QED) is 0.872. The van der Waals surface area contributed by atoms with Crippen molar-refractivity contribution in [2.45, 2.75) is 4.90 Å². The van der Waals surface area contributed by atoms with Gasteiger partial charge in [-0.05, 0) is 40.2 Å². The van der Waals surface area contributed by atoms with Crippen LogP contribution in [0.4, 0.5) is 10.1 Å². The summed E-state index contributed by atoms with van der Waals surface area (Å²) in [4.78, 5) is 11.6. The first-order valence-corrected chi connectivity index (χ1v) is 7.49. The van der Waals surface area contributed by atoms with Crippen molar-refractivity contribution in [3.63, 3.8) is 0 Å². The van der Waals surface area contributed by atoms with Gasteiger partial charge >= 0.3 is 0 Å². The van der Waals surface area contributed by atoms with Crippen LogP contribution < -0.4 is 10.5 Å². The number of nitrogens with one attached hydrogen (secondary N) is 1. The fraction of sp³-hybridized carbons (Fsp3) is 0. The third-order valence-electron chi connectivity index (χ3n) is 2.38. The van der Waals surface area contributed by atoms with Gasteiger partial charge in [-0.25, -0.2) is 17.9 Å². The first kappa shape index (κ1) is 14.7. The maximum Gasteiger partial charge on any atom is 0.260 e. The number of hydrogen-bond acceptors (Lipinski definition) is 4. The Morgan fingerprint density at radius 1 is 1.35 bits per heavy atom. The van der Waals surface area contributed by atoms with Crippen LogP contribution in [0.25, 0.3) is 0 Å². The number of hydrogen-bond donors (Lipinski definition) is 2. The molecule has 20 heavy (non-hydrogen) atoms. The largest absolute Gasteiger partial charge is 0.457 e. The molecule has 106 valence electrons. The second-order valence-corrected chi connectivity index (χ2v) is 6.03. The van der Waals surface area contributed by atoms with E-state index in [-0.39, 0.29) is 20.8 Å². The molecule has 0 aliphatic rings. The summed E-state index contributed by atoms with van der Waals surface area (Å²) in [5, 5.41) is 7.18. The summed E-state index contributed by atoms with van der Waals surface area (Å²) >= 11 is 3.01. The van der Waals surface area contributed by atoms with Gasteiger partial charge in [0.1, 0.15) is 5.82 Å². The van der Waals surface area contributed by atoms with Crippen LogP contribution >= 0.6 is 15.9 Å². The molecule has 6 nitrogen and oxygen atoms in total. The Morgan fingerprint density at radius 3 is 2.60 bits per heavy atom. The van der Waals surface area contributed by atoms with Crippen molar-refractivity contribution in [2.75, 3.05) is 5.32 Å². The van der Waals surface area contributed by atoms with Crippen molar-refractivity contribution in [1.82, 2.24) is 0 Å². The van der Waals surface area contributed by atoms with Crippen LogP contribution in [0, 0.1) is 5.82 Å². The van der Waals surface area contributed by atoms with Crippen LogP contribution in [0.5, 0.6) is 0 Å². The molecule has 0 radical (unpaired) electrons. The number of carbonyl (C=O) groups excluding carboxylic acids is 1. The highest BCUT2D eigenvalue weighted by Crippen LogP contribution is 2.22. The third kappa shape index (κ3) is 3.06. The molecule has 2 aromatic rings. The van der Waals surface area contributed by atoms with Gasteiger partial charge in [-0.15, -0.1) is 0 Å². The van der Waals surface area contributed by atoms with Gasteiger partial charge in [0.15, 0.2) is 4.67 Å². The highest BCUT2D eigenvalue weighted by atomic mass is 79.9. The molecule has 3 N–H and O–H groups in total. The van der Waals surface area contributed by atoms with E-state index in [4.69, 9.17) is 9.56 Å². The third-order valence-corrected chi connectivity index (χ3v) is 3.90. The van der Waals surface area contributed by atoms with Gasteiger partial charge in [-0.1, -0.05) is 0 Å².